The summed E-state index contributed by atoms with van der Waals surface area (Å²) >= 11 is 0. The second-order valence-electron chi connectivity index (χ2n) is 7.65. The van der Waals surface area contributed by atoms with Crippen LogP contribution in [0, 0.1) is 0 Å². The molecule has 1 aliphatic heterocycles. The summed E-state index contributed by atoms with van der Waals surface area (Å²) in [5.74, 6) is 0.300. The standard InChI is InChI=1S/C21H28N4O4/c1-12(2)28-18-11-16-14(10-17(18)19(23)26)4-7-24-20(16)29-15-5-8-25(9-6-15)21(27)13(3)22/h4,7,10-13,15H,5-6,8-9,22H2,1-3H3,(H2,23,26)/t13-/m1/s1. The number of nitrogens with zero attached hydrogens (tertiary/aromatic N) is 2. The number of ether oxygens (including phenoxy) is 2. The molecule has 3 rings (SSSR count). The molecule has 1 aliphatic rings. The van der Waals surface area contributed by atoms with Crippen LogP contribution in [0.25, 0.3) is 10.8 Å². The molecule has 4 N–H and O–H groups in total. The number of aromatic nitrogens is 1. The number of amides is 2. The average Bonchev–Trinajstić information content (AvgIpc) is 2.67. The van der Waals surface area contributed by atoms with Crippen molar-refractivity contribution in [2.45, 2.75) is 51.9 Å². The first-order chi connectivity index (χ1) is 13.8. The lowest BCUT2D eigenvalue weighted by molar-refractivity contribution is -0.134. The molecule has 0 spiro atoms. The molecule has 29 heavy (non-hydrogen) atoms. The van der Waals surface area contributed by atoms with Crippen molar-refractivity contribution < 1.29 is 19.1 Å². The number of primary amides is 1. The number of piperidine rings is 1. The number of carbonyl (C=O) groups is 2. The van der Waals surface area contributed by atoms with Crippen molar-refractivity contribution in [2.24, 2.45) is 11.5 Å². The summed E-state index contributed by atoms with van der Waals surface area (Å²) < 4.78 is 11.9. The van der Waals surface area contributed by atoms with E-state index in [1.165, 1.54) is 0 Å². The van der Waals surface area contributed by atoms with Crippen molar-refractivity contribution in [2.75, 3.05) is 13.1 Å². The number of pyridine rings is 1. The van der Waals surface area contributed by atoms with Gasteiger partial charge in [0.2, 0.25) is 11.8 Å². The molecule has 1 aromatic carbocycles. The minimum atomic E-state index is -0.548. The maximum Gasteiger partial charge on any atom is 0.252 e. The summed E-state index contributed by atoms with van der Waals surface area (Å²) in [5, 5.41) is 1.55. The molecule has 0 unspecified atom stereocenters. The highest BCUT2D eigenvalue weighted by Crippen LogP contribution is 2.32. The third kappa shape index (κ3) is 4.76. The number of nitrogens with two attached hydrogens (primary N) is 2. The number of carbonyl (C=O) groups excluding carboxylic acids is 2. The van der Waals surface area contributed by atoms with Crippen LogP contribution < -0.4 is 20.9 Å². The molecule has 8 heteroatoms. The van der Waals surface area contributed by atoms with Gasteiger partial charge in [0.05, 0.1) is 17.7 Å². The van der Waals surface area contributed by atoms with Crippen LogP contribution in [0.15, 0.2) is 24.4 Å². The van der Waals surface area contributed by atoms with E-state index in [4.69, 9.17) is 20.9 Å². The topological polar surface area (TPSA) is 121 Å². The molecule has 1 saturated heterocycles. The molecule has 156 valence electrons. The molecular weight excluding hydrogens is 372 g/mol. The Balaban J connectivity index is 1.83. The van der Waals surface area contributed by atoms with Gasteiger partial charge in [-0.05, 0) is 44.4 Å². The van der Waals surface area contributed by atoms with Crippen molar-refractivity contribution in [3.8, 4) is 11.6 Å². The van der Waals surface area contributed by atoms with Crippen LogP contribution >= 0.6 is 0 Å². The van der Waals surface area contributed by atoms with E-state index in [0.29, 0.717) is 43.1 Å². The molecule has 1 fully saturated rings. The minimum Gasteiger partial charge on any atom is -0.490 e. The molecule has 0 saturated carbocycles. The fourth-order valence-electron chi connectivity index (χ4n) is 3.45. The van der Waals surface area contributed by atoms with Crippen molar-refractivity contribution in [1.82, 2.24) is 9.88 Å². The monoisotopic (exact) mass is 400 g/mol. The third-order valence-corrected chi connectivity index (χ3v) is 4.88. The highest BCUT2D eigenvalue weighted by molar-refractivity contribution is 6.01. The Bertz CT molecular complexity index is 905. The van der Waals surface area contributed by atoms with E-state index in [-0.39, 0.29) is 18.1 Å². The maximum atomic E-state index is 12.0. The fourth-order valence-corrected chi connectivity index (χ4v) is 3.45. The van der Waals surface area contributed by atoms with Gasteiger partial charge in [-0.1, -0.05) is 0 Å². The second-order valence-corrected chi connectivity index (χ2v) is 7.65. The lowest BCUT2D eigenvalue weighted by Crippen LogP contribution is -2.47. The zero-order chi connectivity index (χ0) is 21.1. The van der Waals surface area contributed by atoms with Gasteiger partial charge in [-0.2, -0.15) is 0 Å². The van der Waals surface area contributed by atoms with Crippen molar-refractivity contribution in [3.05, 3.63) is 30.0 Å². The van der Waals surface area contributed by atoms with Crippen molar-refractivity contribution in [3.63, 3.8) is 0 Å². The van der Waals surface area contributed by atoms with Gasteiger partial charge >= 0.3 is 0 Å². The van der Waals surface area contributed by atoms with Crippen molar-refractivity contribution >= 4 is 22.6 Å². The van der Waals surface area contributed by atoms with Crippen LogP contribution in [0.2, 0.25) is 0 Å². The normalized spacial score (nSPS) is 16.1. The van der Waals surface area contributed by atoms with E-state index in [2.05, 4.69) is 4.98 Å². The lowest BCUT2D eigenvalue weighted by Gasteiger charge is -2.33. The first-order valence-corrected chi connectivity index (χ1v) is 9.86. The Kier molecular flexibility index (Phi) is 6.22. The van der Waals surface area contributed by atoms with Gasteiger partial charge in [0.1, 0.15) is 11.9 Å². The van der Waals surface area contributed by atoms with Crippen LogP contribution in [0.1, 0.15) is 44.0 Å². The van der Waals surface area contributed by atoms with Crippen LogP contribution in [0.5, 0.6) is 11.6 Å². The Labute approximate surface area is 170 Å². The molecule has 1 atom stereocenters. The van der Waals surface area contributed by atoms with Gasteiger partial charge in [0.25, 0.3) is 5.91 Å². The molecule has 0 radical (unpaired) electrons. The number of hydrogen-bond acceptors (Lipinski definition) is 6. The minimum absolute atomic E-state index is 0.0406. The Morgan fingerprint density at radius 2 is 1.90 bits per heavy atom. The molecule has 2 aromatic rings. The van der Waals surface area contributed by atoms with Gasteiger partial charge in [-0.3, -0.25) is 9.59 Å². The molecule has 2 heterocycles. The molecule has 0 aliphatic carbocycles. The van der Waals surface area contributed by atoms with Gasteiger partial charge in [0.15, 0.2) is 0 Å². The van der Waals surface area contributed by atoms with Crippen LogP contribution in [0.4, 0.5) is 0 Å². The number of hydrogen-bond donors (Lipinski definition) is 2. The number of fused-ring (bicyclic) bond motifs is 1. The third-order valence-electron chi connectivity index (χ3n) is 4.88. The number of benzene rings is 1. The molecule has 2 amide bonds. The van der Waals surface area contributed by atoms with E-state index < -0.39 is 11.9 Å². The van der Waals surface area contributed by atoms with E-state index in [1.807, 2.05) is 13.8 Å². The smallest absolute Gasteiger partial charge is 0.252 e. The average molecular weight is 400 g/mol. The van der Waals surface area contributed by atoms with E-state index in [0.717, 1.165) is 10.8 Å². The summed E-state index contributed by atoms with van der Waals surface area (Å²) in [6.07, 6.45) is 2.87. The Morgan fingerprint density at radius 3 is 2.48 bits per heavy atom. The zero-order valence-corrected chi connectivity index (χ0v) is 17.1. The molecule has 0 bridgehead atoms. The molecule has 1 aromatic heterocycles. The Morgan fingerprint density at radius 1 is 1.21 bits per heavy atom. The quantitative estimate of drug-likeness (QED) is 0.763. The van der Waals surface area contributed by atoms with E-state index in [1.54, 1.807) is 36.2 Å². The van der Waals surface area contributed by atoms with Gasteiger partial charge in [0, 0.05) is 37.5 Å². The molecular formula is C21H28N4O4. The lowest BCUT2D eigenvalue weighted by atomic mass is 10.1. The van der Waals surface area contributed by atoms with Gasteiger partial charge in [-0.15, -0.1) is 0 Å². The number of likely N-dealkylation sites (tertiary alicyclic amines) is 1. The zero-order valence-electron chi connectivity index (χ0n) is 17.1. The summed E-state index contributed by atoms with van der Waals surface area (Å²) in [4.78, 5) is 30.0. The summed E-state index contributed by atoms with van der Waals surface area (Å²) in [6.45, 7) is 6.66. The summed E-state index contributed by atoms with van der Waals surface area (Å²) in [6, 6.07) is 4.77. The highest BCUT2D eigenvalue weighted by atomic mass is 16.5. The van der Waals surface area contributed by atoms with Crippen molar-refractivity contribution in [1.29, 1.82) is 0 Å². The first-order valence-electron chi connectivity index (χ1n) is 9.86. The molecule has 8 nitrogen and oxygen atoms in total. The summed E-state index contributed by atoms with van der Waals surface area (Å²) in [5.41, 5.74) is 11.5. The van der Waals surface area contributed by atoms with Crippen LogP contribution in [-0.2, 0) is 4.79 Å². The second kappa shape index (κ2) is 8.65. The SMILES string of the molecule is CC(C)Oc1cc2c(OC3CCN(C(=O)[C@@H](C)N)CC3)nccc2cc1C(N)=O. The first kappa shape index (κ1) is 20.9. The predicted octanol–water partition coefficient (Wildman–Crippen LogP) is 1.84. The Hall–Kier alpha value is -2.87. The van der Waals surface area contributed by atoms with E-state index >= 15 is 0 Å². The number of rotatable bonds is 6. The van der Waals surface area contributed by atoms with Crippen LogP contribution in [0.3, 0.4) is 0 Å². The fraction of sp³-hybridized carbons (Fsp3) is 0.476. The van der Waals surface area contributed by atoms with Gasteiger partial charge in [-0.25, -0.2) is 4.98 Å². The largest absolute Gasteiger partial charge is 0.490 e. The van der Waals surface area contributed by atoms with Gasteiger partial charge < -0.3 is 25.8 Å². The van der Waals surface area contributed by atoms with E-state index in [9.17, 15) is 9.59 Å². The predicted molar refractivity (Wildman–Crippen MR) is 110 cm³/mol. The summed E-state index contributed by atoms with van der Waals surface area (Å²) in [7, 11) is 0. The maximum absolute atomic E-state index is 12.0. The van der Waals surface area contributed by atoms with Crippen LogP contribution in [-0.4, -0.2) is 53.0 Å². The highest BCUT2D eigenvalue weighted by Gasteiger charge is 2.26.